The molecule has 62 valence electrons. The van der Waals surface area contributed by atoms with E-state index in [1.54, 1.807) is 4.90 Å². The van der Waals surface area contributed by atoms with Gasteiger partial charge in [-0.2, -0.15) is 5.26 Å². The summed E-state index contributed by atoms with van der Waals surface area (Å²) in [5, 5.41) is 17.8. The Morgan fingerprint density at radius 2 is 2.09 bits per heavy atom. The second kappa shape index (κ2) is 3.59. The van der Waals surface area contributed by atoms with Gasteiger partial charge in [-0.1, -0.05) is 0 Å². The first-order valence-corrected chi connectivity index (χ1v) is 4.07. The largest absolute Gasteiger partial charge is 0.393 e. The van der Waals surface area contributed by atoms with Gasteiger partial charge in [-0.25, -0.2) is 0 Å². The summed E-state index contributed by atoms with van der Waals surface area (Å²) in [6, 6.07) is 0. The van der Waals surface area contributed by atoms with Gasteiger partial charge in [-0.3, -0.25) is 0 Å². The lowest BCUT2D eigenvalue weighted by molar-refractivity contribution is 0.0864. The summed E-state index contributed by atoms with van der Waals surface area (Å²) < 4.78 is 0. The molecular weight excluding hydrogens is 140 g/mol. The Morgan fingerprint density at radius 3 is 2.45 bits per heavy atom. The van der Waals surface area contributed by atoms with Crippen molar-refractivity contribution in [3.8, 4) is 6.19 Å². The van der Waals surface area contributed by atoms with Crippen LogP contribution in [-0.2, 0) is 0 Å². The van der Waals surface area contributed by atoms with E-state index in [4.69, 9.17) is 5.26 Å². The first kappa shape index (κ1) is 8.35. The van der Waals surface area contributed by atoms with Crippen molar-refractivity contribution in [2.24, 2.45) is 5.92 Å². The van der Waals surface area contributed by atoms with Gasteiger partial charge in [-0.15, -0.1) is 0 Å². The number of nitrogens with zero attached hydrogens (tertiary/aromatic N) is 2. The van der Waals surface area contributed by atoms with Crippen molar-refractivity contribution in [2.45, 2.75) is 25.9 Å². The van der Waals surface area contributed by atoms with Crippen LogP contribution in [0.3, 0.4) is 0 Å². The van der Waals surface area contributed by atoms with Gasteiger partial charge in [-0.05, 0) is 25.7 Å². The van der Waals surface area contributed by atoms with Crippen LogP contribution in [0.4, 0.5) is 0 Å². The Balaban J connectivity index is 2.31. The summed E-state index contributed by atoms with van der Waals surface area (Å²) in [7, 11) is 0. The zero-order chi connectivity index (χ0) is 8.27. The molecule has 0 aliphatic carbocycles. The zero-order valence-electron chi connectivity index (χ0n) is 6.82. The fourth-order valence-corrected chi connectivity index (χ4v) is 1.48. The number of hydrogen-bond acceptors (Lipinski definition) is 3. The van der Waals surface area contributed by atoms with Crippen molar-refractivity contribution < 1.29 is 5.11 Å². The molecule has 1 saturated heterocycles. The van der Waals surface area contributed by atoms with E-state index in [0.717, 1.165) is 25.9 Å². The van der Waals surface area contributed by atoms with E-state index in [-0.39, 0.29) is 6.10 Å². The SMILES string of the molecule is CC(O)C1CCN(C#N)CC1. The quantitative estimate of drug-likeness (QED) is 0.561. The minimum Gasteiger partial charge on any atom is -0.393 e. The fraction of sp³-hybridized carbons (Fsp3) is 0.875. The molecule has 3 heteroatoms. The van der Waals surface area contributed by atoms with Crippen molar-refractivity contribution in [2.75, 3.05) is 13.1 Å². The summed E-state index contributed by atoms with van der Waals surface area (Å²) in [5.41, 5.74) is 0. The first-order valence-electron chi connectivity index (χ1n) is 4.07. The molecule has 0 aromatic carbocycles. The van der Waals surface area contributed by atoms with Gasteiger partial charge in [0.25, 0.3) is 0 Å². The Hall–Kier alpha value is -0.750. The maximum Gasteiger partial charge on any atom is 0.179 e. The van der Waals surface area contributed by atoms with Crippen LogP contribution in [0.1, 0.15) is 19.8 Å². The molecule has 1 N–H and O–H groups in total. The molecule has 1 atom stereocenters. The molecule has 0 amide bonds. The molecule has 11 heavy (non-hydrogen) atoms. The van der Waals surface area contributed by atoms with Gasteiger partial charge in [0.1, 0.15) is 0 Å². The Labute approximate surface area is 67.2 Å². The molecule has 1 aliphatic rings. The monoisotopic (exact) mass is 154 g/mol. The van der Waals surface area contributed by atoms with Crippen molar-refractivity contribution in [1.82, 2.24) is 4.90 Å². The Bertz CT molecular complexity index is 154. The molecule has 0 bridgehead atoms. The highest BCUT2D eigenvalue weighted by Crippen LogP contribution is 2.19. The zero-order valence-corrected chi connectivity index (χ0v) is 6.82. The van der Waals surface area contributed by atoms with Crippen molar-refractivity contribution in [3.05, 3.63) is 0 Å². The van der Waals surface area contributed by atoms with Gasteiger partial charge in [0, 0.05) is 13.1 Å². The van der Waals surface area contributed by atoms with Crippen molar-refractivity contribution in [1.29, 1.82) is 5.26 Å². The number of likely N-dealkylation sites (tertiary alicyclic amines) is 1. The summed E-state index contributed by atoms with van der Waals surface area (Å²) in [6.45, 7) is 3.45. The molecule has 1 aliphatic heterocycles. The number of aliphatic hydroxyl groups excluding tert-OH is 1. The molecule has 0 aromatic rings. The Morgan fingerprint density at radius 1 is 1.55 bits per heavy atom. The summed E-state index contributed by atoms with van der Waals surface area (Å²) >= 11 is 0. The van der Waals surface area contributed by atoms with Crippen LogP contribution in [-0.4, -0.2) is 29.2 Å². The minimum absolute atomic E-state index is 0.212. The predicted octanol–water partition coefficient (Wildman–Crippen LogP) is 0.560. The summed E-state index contributed by atoms with van der Waals surface area (Å²) in [5.74, 6) is 0.402. The second-order valence-corrected chi connectivity index (χ2v) is 3.17. The maximum atomic E-state index is 9.23. The van der Waals surface area contributed by atoms with Gasteiger partial charge < -0.3 is 10.0 Å². The molecule has 1 rings (SSSR count). The van der Waals surface area contributed by atoms with Crippen LogP contribution in [0.2, 0.25) is 0 Å². The highest BCUT2D eigenvalue weighted by molar-refractivity contribution is 4.82. The Kier molecular flexibility index (Phi) is 2.72. The summed E-state index contributed by atoms with van der Waals surface area (Å²) in [4.78, 5) is 1.75. The van der Waals surface area contributed by atoms with Crippen molar-refractivity contribution in [3.63, 3.8) is 0 Å². The lowest BCUT2D eigenvalue weighted by atomic mass is 9.92. The number of nitriles is 1. The van der Waals surface area contributed by atoms with Crippen LogP contribution in [0.25, 0.3) is 0 Å². The van der Waals surface area contributed by atoms with Crippen LogP contribution < -0.4 is 0 Å². The van der Waals surface area contributed by atoms with Crippen LogP contribution in [0.5, 0.6) is 0 Å². The lowest BCUT2D eigenvalue weighted by Gasteiger charge is -2.29. The highest BCUT2D eigenvalue weighted by Gasteiger charge is 2.21. The molecule has 0 aromatic heterocycles. The van der Waals surface area contributed by atoms with E-state index in [0.29, 0.717) is 5.92 Å². The molecular formula is C8H14N2O. The maximum absolute atomic E-state index is 9.23. The van der Waals surface area contributed by atoms with E-state index in [2.05, 4.69) is 6.19 Å². The first-order chi connectivity index (χ1) is 5.24. The normalized spacial score (nSPS) is 22.8. The standard InChI is InChI=1S/C8H14N2O/c1-7(11)8-2-4-10(6-9)5-3-8/h7-8,11H,2-5H2,1H3. The second-order valence-electron chi connectivity index (χ2n) is 3.17. The van der Waals surface area contributed by atoms with E-state index < -0.39 is 0 Å². The van der Waals surface area contributed by atoms with Gasteiger partial charge in [0.15, 0.2) is 6.19 Å². The third kappa shape index (κ3) is 2.09. The van der Waals surface area contributed by atoms with Crippen molar-refractivity contribution >= 4 is 0 Å². The molecule has 1 heterocycles. The van der Waals surface area contributed by atoms with E-state index in [1.807, 2.05) is 6.92 Å². The average Bonchev–Trinajstić information content (AvgIpc) is 2.05. The van der Waals surface area contributed by atoms with Gasteiger partial charge >= 0.3 is 0 Å². The lowest BCUT2D eigenvalue weighted by Crippen LogP contribution is -2.34. The fourth-order valence-electron chi connectivity index (χ4n) is 1.48. The van der Waals surface area contributed by atoms with Gasteiger partial charge in [0.2, 0.25) is 0 Å². The molecule has 0 spiro atoms. The van der Waals surface area contributed by atoms with E-state index in [9.17, 15) is 5.11 Å². The minimum atomic E-state index is -0.212. The molecule has 3 nitrogen and oxygen atoms in total. The highest BCUT2D eigenvalue weighted by atomic mass is 16.3. The third-order valence-electron chi connectivity index (χ3n) is 2.36. The molecule has 1 fully saturated rings. The predicted molar refractivity (Wildman–Crippen MR) is 41.6 cm³/mol. The van der Waals surface area contributed by atoms with Crippen LogP contribution in [0, 0.1) is 17.4 Å². The van der Waals surface area contributed by atoms with Crippen LogP contribution >= 0.6 is 0 Å². The average molecular weight is 154 g/mol. The number of hydrogen-bond donors (Lipinski definition) is 1. The number of piperidine rings is 1. The summed E-state index contributed by atoms with van der Waals surface area (Å²) in [6.07, 6.45) is 3.80. The molecule has 1 unspecified atom stereocenters. The number of aliphatic hydroxyl groups is 1. The third-order valence-corrected chi connectivity index (χ3v) is 2.36. The molecule has 0 radical (unpaired) electrons. The van der Waals surface area contributed by atoms with Crippen LogP contribution in [0.15, 0.2) is 0 Å². The van der Waals surface area contributed by atoms with E-state index >= 15 is 0 Å². The number of rotatable bonds is 1. The van der Waals surface area contributed by atoms with Gasteiger partial charge in [0.05, 0.1) is 6.10 Å². The molecule has 0 saturated carbocycles. The van der Waals surface area contributed by atoms with E-state index in [1.165, 1.54) is 0 Å². The smallest absolute Gasteiger partial charge is 0.179 e. The topological polar surface area (TPSA) is 47.3 Å².